The van der Waals surface area contributed by atoms with E-state index in [1.54, 1.807) is 0 Å². The summed E-state index contributed by atoms with van der Waals surface area (Å²) in [6.07, 6.45) is 8.87. The van der Waals surface area contributed by atoms with Gasteiger partial charge in [0.2, 0.25) is 0 Å². The van der Waals surface area contributed by atoms with Crippen molar-refractivity contribution in [1.82, 2.24) is 0 Å². The smallest absolute Gasteiger partial charge is 0.185 e. The Labute approximate surface area is 98.9 Å². The Morgan fingerprint density at radius 1 is 1.27 bits per heavy atom. The molecule has 0 radical (unpaired) electrons. The van der Waals surface area contributed by atoms with Crippen molar-refractivity contribution in [2.24, 2.45) is 0 Å². The van der Waals surface area contributed by atoms with Crippen molar-refractivity contribution in [1.29, 1.82) is 0 Å². The number of hydrogen-bond donors (Lipinski definition) is 0. The largest absolute Gasteiger partial charge is 0.329 e. The Hall–Kier alpha value is 0.570. The Bertz CT molecular complexity index is 215. The van der Waals surface area contributed by atoms with E-state index in [4.69, 9.17) is 20.9 Å². The van der Waals surface area contributed by atoms with Gasteiger partial charge in [-0.2, -0.15) is 0 Å². The summed E-state index contributed by atoms with van der Waals surface area (Å²) in [5, 5.41) is 0. The fraction of sp³-hybridized carbons (Fsp3) is 1.00. The van der Waals surface area contributed by atoms with Gasteiger partial charge in [0.25, 0.3) is 0 Å². The van der Waals surface area contributed by atoms with Crippen LogP contribution in [0.3, 0.4) is 0 Å². The highest BCUT2D eigenvalue weighted by atomic mass is 32.5. The first-order valence-electron chi connectivity index (χ1n) is 6.04. The van der Waals surface area contributed by atoms with Crippen LogP contribution in [-0.2, 0) is 20.9 Å². The zero-order valence-electron chi connectivity index (χ0n) is 9.91. The molecule has 0 bridgehead atoms. The van der Waals surface area contributed by atoms with E-state index in [1.807, 2.05) is 6.66 Å². The van der Waals surface area contributed by atoms with Crippen molar-refractivity contribution < 1.29 is 9.05 Å². The molecule has 0 N–H and O–H groups in total. The lowest BCUT2D eigenvalue weighted by Gasteiger charge is -2.27. The maximum Gasteiger partial charge on any atom is 0.185 e. The molecule has 0 aromatic rings. The monoisotopic (exact) mass is 250 g/mol. The molecule has 0 aromatic heterocycles. The summed E-state index contributed by atoms with van der Waals surface area (Å²) in [6, 6.07) is 0. The summed E-state index contributed by atoms with van der Waals surface area (Å²) in [6.45, 7) is 2.93. The molecule has 0 aromatic carbocycles. The van der Waals surface area contributed by atoms with Gasteiger partial charge in [-0.1, -0.05) is 32.6 Å². The highest BCUT2D eigenvalue weighted by Gasteiger charge is 2.21. The summed E-state index contributed by atoms with van der Waals surface area (Å²) in [5.74, 6) is 0. The third kappa shape index (κ3) is 6.01. The molecule has 1 atom stereocenters. The van der Waals surface area contributed by atoms with E-state index in [1.165, 1.54) is 32.1 Å². The van der Waals surface area contributed by atoms with E-state index in [0.717, 1.165) is 19.4 Å². The van der Waals surface area contributed by atoms with E-state index in [2.05, 4.69) is 6.92 Å². The zero-order valence-corrected chi connectivity index (χ0v) is 11.6. The molecule has 90 valence electrons. The molecule has 1 rings (SSSR count). The Morgan fingerprint density at radius 2 is 1.93 bits per heavy atom. The van der Waals surface area contributed by atoms with Gasteiger partial charge >= 0.3 is 0 Å². The number of hydrogen-bond acceptors (Lipinski definition) is 3. The van der Waals surface area contributed by atoms with Crippen LogP contribution in [0.2, 0.25) is 0 Å². The molecule has 15 heavy (non-hydrogen) atoms. The Kier molecular flexibility index (Phi) is 6.37. The number of rotatable bonds is 6. The topological polar surface area (TPSA) is 18.5 Å². The molecule has 1 unspecified atom stereocenters. The van der Waals surface area contributed by atoms with Crippen LogP contribution in [0.15, 0.2) is 0 Å². The molecule has 0 aliphatic heterocycles. The molecule has 4 heteroatoms. The fourth-order valence-corrected chi connectivity index (χ4v) is 3.71. The average Bonchev–Trinajstić information content (AvgIpc) is 2.18. The lowest BCUT2D eigenvalue weighted by molar-refractivity contribution is 0.141. The molecule has 0 saturated heterocycles. The summed E-state index contributed by atoms with van der Waals surface area (Å²) in [5.41, 5.74) is 0. The first-order valence-corrected chi connectivity index (χ1v) is 9.13. The average molecular weight is 250 g/mol. The summed E-state index contributed by atoms with van der Waals surface area (Å²) in [7, 11) is 0. The van der Waals surface area contributed by atoms with Crippen LogP contribution >= 0.6 is 6.49 Å². The minimum atomic E-state index is -1.96. The molecule has 1 aliphatic rings. The van der Waals surface area contributed by atoms with E-state index >= 15 is 0 Å². The second kappa shape index (κ2) is 7.01. The predicted octanol–water partition coefficient (Wildman–Crippen LogP) is 4.09. The summed E-state index contributed by atoms with van der Waals surface area (Å²) < 4.78 is 11.6. The van der Waals surface area contributed by atoms with Crippen LogP contribution in [0, 0.1) is 0 Å². The molecule has 1 fully saturated rings. The van der Waals surface area contributed by atoms with Gasteiger partial charge in [0, 0.05) is 6.66 Å². The first-order chi connectivity index (χ1) is 7.14. The lowest BCUT2D eigenvalue weighted by Crippen LogP contribution is -2.15. The second-order valence-corrected chi connectivity index (χ2v) is 8.33. The molecule has 1 aliphatic carbocycles. The van der Waals surface area contributed by atoms with Crippen LogP contribution in [0.5, 0.6) is 0 Å². The molecule has 0 heterocycles. The van der Waals surface area contributed by atoms with Gasteiger partial charge in [0.05, 0.1) is 12.7 Å². The van der Waals surface area contributed by atoms with Crippen molar-refractivity contribution >= 4 is 18.3 Å². The normalized spacial score (nSPS) is 22.5. The molecule has 2 nitrogen and oxygen atoms in total. The van der Waals surface area contributed by atoms with Crippen molar-refractivity contribution in [2.75, 3.05) is 13.3 Å². The molecular formula is C11H23O2PS. The first kappa shape index (κ1) is 13.6. The predicted molar refractivity (Wildman–Crippen MR) is 69.0 cm³/mol. The van der Waals surface area contributed by atoms with E-state index in [-0.39, 0.29) is 0 Å². The minimum absolute atomic E-state index is 0.371. The van der Waals surface area contributed by atoms with Crippen molar-refractivity contribution in [3.63, 3.8) is 0 Å². The second-order valence-electron chi connectivity index (χ2n) is 4.32. The maximum atomic E-state index is 5.93. The van der Waals surface area contributed by atoms with Gasteiger partial charge in [-0.25, -0.2) is 0 Å². The summed E-state index contributed by atoms with van der Waals surface area (Å²) >= 11 is 5.40. The fourth-order valence-electron chi connectivity index (χ4n) is 1.85. The quantitative estimate of drug-likeness (QED) is 0.522. The van der Waals surface area contributed by atoms with Gasteiger partial charge in [0.15, 0.2) is 6.49 Å². The van der Waals surface area contributed by atoms with Crippen LogP contribution in [0.4, 0.5) is 0 Å². The minimum Gasteiger partial charge on any atom is -0.329 e. The van der Waals surface area contributed by atoms with Gasteiger partial charge in [-0.15, -0.1) is 0 Å². The van der Waals surface area contributed by atoms with Gasteiger partial charge in [0.1, 0.15) is 0 Å². The highest BCUT2D eigenvalue weighted by Crippen LogP contribution is 2.47. The molecule has 0 amide bonds. The van der Waals surface area contributed by atoms with Crippen molar-refractivity contribution in [2.45, 2.75) is 58.0 Å². The SMILES string of the molecule is CCCCOP(C)(=S)OC1CCCCC1. The Morgan fingerprint density at radius 3 is 2.53 bits per heavy atom. The zero-order chi connectivity index (χ0) is 11.1. The lowest BCUT2D eigenvalue weighted by atomic mass is 9.98. The Balaban J connectivity index is 2.24. The van der Waals surface area contributed by atoms with Gasteiger partial charge < -0.3 is 9.05 Å². The third-order valence-electron chi connectivity index (χ3n) is 2.72. The van der Waals surface area contributed by atoms with Gasteiger partial charge in [-0.3, -0.25) is 0 Å². The van der Waals surface area contributed by atoms with Crippen molar-refractivity contribution in [3.05, 3.63) is 0 Å². The maximum absolute atomic E-state index is 5.93. The highest BCUT2D eigenvalue weighted by molar-refractivity contribution is 8.09. The molecular weight excluding hydrogens is 227 g/mol. The van der Waals surface area contributed by atoms with E-state index in [0.29, 0.717) is 6.10 Å². The van der Waals surface area contributed by atoms with Crippen LogP contribution in [0.25, 0.3) is 0 Å². The molecule has 1 saturated carbocycles. The summed E-state index contributed by atoms with van der Waals surface area (Å²) in [4.78, 5) is 0. The standard InChI is InChI=1S/C11H23O2PS/c1-3-4-10-12-14(2,15)13-11-8-6-5-7-9-11/h11H,3-10H2,1-2H3. The molecule has 0 spiro atoms. The van der Waals surface area contributed by atoms with Crippen LogP contribution < -0.4 is 0 Å². The van der Waals surface area contributed by atoms with E-state index in [9.17, 15) is 0 Å². The van der Waals surface area contributed by atoms with Crippen LogP contribution in [0.1, 0.15) is 51.9 Å². The number of unbranched alkanes of at least 4 members (excludes halogenated alkanes) is 1. The van der Waals surface area contributed by atoms with Crippen molar-refractivity contribution in [3.8, 4) is 0 Å². The van der Waals surface area contributed by atoms with Crippen LogP contribution in [-0.4, -0.2) is 19.4 Å². The van der Waals surface area contributed by atoms with Gasteiger partial charge in [-0.05, 0) is 31.1 Å². The van der Waals surface area contributed by atoms with E-state index < -0.39 is 6.49 Å². The third-order valence-corrected chi connectivity index (χ3v) is 4.62.